The van der Waals surface area contributed by atoms with Gasteiger partial charge in [-0.25, -0.2) is 4.79 Å². The summed E-state index contributed by atoms with van der Waals surface area (Å²) in [6.45, 7) is 5.58. The first kappa shape index (κ1) is 14.2. The van der Waals surface area contributed by atoms with Gasteiger partial charge in [0.05, 0.1) is 7.11 Å². The Hall–Kier alpha value is -1.84. The summed E-state index contributed by atoms with van der Waals surface area (Å²) in [7, 11) is 1.32. The number of methoxy groups -OCH3 is 1. The van der Waals surface area contributed by atoms with Gasteiger partial charge in [0, 0.05) is 5.56 Å². The number of hydrogen-bond acceptors (Lipinski definition) is 3. The highest BCUT2D eigenvalue weighted by Crippen LogP contribution is 2.09. The summed E-state index contributed by atoms with van der Waals surface area (Å²) in [5.74, 6) is -0.699. The third-order valence-electron chi connectivity index (χ3n) is 2.80. The van der Waals surface area contributed by atoms with Crippen LogP contribution >= 0.6 is 0 Å². The summed E-state index contributed by atoms with van der Waals surface area (Å²) < 4.78 is 4.69. The Labute approximate surface area is 107 Å². The topological polar surface area (TPSA) is 55.4 Å². The molecule has 1 aromatic rings. The lowest BCUT2D eigenvalue weighted by atomic mass is 10.0. The second-order valence-electron chi connectivity index (χ2n) is 4.53. The third kappa shape index (κ3) is 3.32. The highest BCUT2D eigenvalue weighted by molar-refractivity contribution is 5.97. The van der Waals surface area contributed by atoms with Crippen molar-refractivity contribution in [3.63, 3.8) is 0 Å². The van der Waals surface area contributed by atoms with Gasteiger partial charge in [-0.2, -0.15) is 0 Å². The fourth-order valence-electron chi connectivity index (χ4n) is 1.67. The van der Waals surface area contributed by atoms with E-state index in [-0.39, 0.29) is 11.8 Å². The summed E-state index contributed by atoms with van der Waals surface area (Å²) in [6.07, 6.45) is 0. The first-order valence-corrected chi connectivity index (χ1v) is 5.91. The number of aryl methyl sites for hydroxylation is 1. The van der Waals surface area contributed by atoms with Gasteiger partial charge in [0.15, 0.2) is 0 Å². The van der Waals surface area contributed by atoms with E-state index in [4.69, 9.17) is 0 Å². The van der Waals surface area contributed by atoms with Crippen molar-refractivity contribution in [1.29, 1.82) is 0 Å². The van der Waals surface area contributed by atoms with Crippen LogP contribution in [0.15, 0.2) is 24.3 Å². The van der Waals surface area contributed by atoms with Crippen LogP contribution in [0.3, 0.4) is 0 Å². The molecule has 98 valence electrons. The molecule has 0 spiro atoms. The van der Waals surface area contributed by atoms with E-state index < -0.39 is 12.0 Å². The van der Waals surface area contributed by atoms with Crippen molar-refractivity contribution in [2.45, 2.75) is 26.8 Å². The van der Waals surface area contributed by atoms with Gasteiger partial charge < -0.3 is 10.1 Å². The van der Waals surface area contributed by atoms with Gasteiger partial charge in [0.25, 0.3) is 5.91 Å². The van der Waals surface area contributed by atoms with Crippen molar-refractivity contribution in [1.82, 2.24) is 5.32 Å². The average molecular weight is 249 g/mol. The molecular weight excluding hydrogens is 230 g/mol. The van der Waals surface area contributed by atoms with E-state index in [9.17, 15) is 9.59 Å². The number of nitrogens with one attached hydrogen (secondary N) is 1. The van der Waals surface area contributed by atoms with Crippen LogP contribution in [0.1, 0.15) is 29.8 Å². The van der Waals surface area contributed by atoms with Crippen LogP contribution in [0.4, 0.5) is 0 Å². The maximum absolute atomic E-state index is 12.1. The van der Waals surface area contributed by atoms with Crippen molar-refractivity contribution in [3.05, 3.63) is 35.4 Å². The molecule has 1 unspecified atom stereocenters. The zero-order valence-corrected chi connectivity index (χ0v) is 11.2. The van der Waals surface area contributed by atoms with E-state index in [1.54, 1.807) is 12.1 Å². The van der Waals surface area contributed by atoms with Crippen LogP contribution in [0.25, 0.3) is 0 Å². The van der Waals surface area contributed by atoms with Crippen molar-refractivity contribution in [2.24, 2.45) is 5.92 Å². The zero-order valence-electron chi connectivity index (χ0n) is 11.2. The Bertz CT molecular complexity index is 440. The van der Waals surface area contributed by atoms with Gasteiger partial charge >= 0.3 is 5.97 Å². The minimum absolute atomic E-state index is 0.0228. The fraction of sp³-hybridized carbons (Fsp3) is 0.429. The van der Waals surface area contributed by atoms with Gasteiger partial charge in [-0.05, 0) is 24.5 Å². The Morgan fingerprint density at radius 2 is 1.83 bits per heavy atom. The largest absolute Gasteiger partial charge is 0.467 e. The maximum atomic E-state index is 12.1. The van der Waals surface area contributed by atoms with E-state index in [0.717, 1.165) is 5.56 Å². The normalized spacial score (nSPS) is 12.1. The van der Waals surface area contributed by atoms with E-state index >= 15 is 0 Å². The summed E-state index contributed by atoms with van der Waals surface area (Å²) in [4.78, 5) is 23.7. The zero-order chi connectivity index (χ0) is 13.7. The van der Waals surface area contributed by atoms with Gasteiger partial charge in [-0.1, -0.05) is 32.0 Å². The predicted octanol–water partition coefficient (Wildman–Crippen LogP) is 1.92. The first-order valence-electron chi connectivity index (χ1n) is 5.91. The van der Waals surface area contributed by atoms with Crippen molar-refractivity contribution >= 4 is 11.9 Å². The predicted molar refractivity (Wildman–Crippen MR) is 69.3 cm³/mol. The molecule has 0 saturated carbocycles. The number of esters is 1. The van der Waals surface area contributed by atoms with Crippen LogP contribution < -0.4 is 5.32 Å². The molecule has 1 amide bonds. The SMILES string of the molecule is COC(=O)C(NC(=O)c1ccccc1C)C(C)C. The number of ether oxygens (including phenoxy) is 1. The smallest absolute Gasteiger partial charge is 0.328 e. The summed E-state index contributed by atoms with van der Waals surface area (Å²) in [6, 6.07) is 6.63. The second kappa shape index (κ2) is 6.19. The standard InChI is InChI=1S/C14H19NO3/c1-9(2)12(14(17)18-4)15-13(16)11-8-6-5-7-10(11)3/h5-9,12H,1-4H3,(H,15,16). The lowest BCUT2D eigenvalue weighted by Gasteiger charge is -2.20. The molecule has 0 aliphatic heterocycles. The molecule has 1 atom stereocenters. The highest BCUT2D eigenvalue weighted by atomic mass is 16.5. The summed E-state index contributed by atoms with van der Waals surface area (Å²) in [5, 5.41) is 2.71. The second-order valence-corrected chi connectivity index (χ2v) is 4.53. The third-order valence-corrected chi connectivity index (χ3v) is 2.80. The molecule has 0 aromatic heterocycles. The lowest BCUT2D eigenvalue weighted by Crippen LogP contribution is -2.45. The monoisotopic (exact) mass is 249 g/mol. The van der Waals surface area contributed by atoms with E-state index in [2.05, 4.69) is 10.1 Å². The number of carbonyl (C=O) groups is 2. The highest BCUT2D eigenvalue weighted by Gasteiger charge is 2.25. The van der Waals surface area contributed by atoms with Gasteiger partial charge in [0.2, 0.25) is 0 Å². The first-order chi connectivity index (χ1) is 8.47. The number of amides is 1. The van der Waals surface area contributed by atoms with Gasteiger partial charge in [0.1, 0.15) is 6.04 Å². The van der Waals surface area contributed by atoms with Crippen molar-refractivity contribution in [2.75, 3.05) is 7.11 Å². The van der Waals surface area contributed by atoms with Crippen molar-refractivity contribution < 1.29 is 14.3 Å². The van der Waals surface area contributed by atoms with Crippen LogP contribution in [0.5, 0.6) is 0 Å². The molecule has 18 heavy (non-hydrogen) atoms. The molecule has 0 radical (unpaired) electrons. The molecule has 0 bridgehead atoms. The van der Waals surface area contributed by atoms with Crippen LogP contribution in [0, 0.1) is 12.8 Å². The molecule has 0 heterocycles. The molecule has 0 saturated heterocycles. The molecule has 0 fully saturated rings. The van der Waals surface area contributed by atoms with E-state index in [1.807, 2.05) is 32.9 Å². The van der Waals surface area contributed by atoms with E-state index in [1.165, 1.54) is 7.11 Å². The maximum Gasteiger partial charge on any atom is 0.328 e. The lowest BCUT2D eigenvalue weighted by molar-refractivity contribution is -0.144. The van der Waals surface area contributed by atoms with Crippen LogP contribution in [0.2, 0.25) is 0 Å². The van der Waals surface area contributed by atoms with Crippen LogP contribution in [-0.2, 0) is 9.53 Å². The van der Waals surface area contributed by atoms with Gasteiger partial charge in [-0.15, -0.1) is 0 Å². The van der Waals surface area contributed by atoms with Crippen LogP contribution in [-0.4, -0.2) is 25.0 Å². The fourth-order valence-corrected chi connectivity index (χ4v) is 1.67. The molecule has 4 heteroatoms. The number of carbonyl (C=O) groups excluding carboxylic acids is 2. The molecule has 0 aliphatic rings. The average Bonchev–Trinajstić information content (AvgIpc) is 2.35. The molecule has 0 aliphatic carbocycles. The minimum Gasteiger partial charge on any atom is -0.467 e. The van der Waals surface area contributed by atoms with Crippen molar-refractivity contribution in [3.8, 4) is 0 Å². The Balaban J connectivity index is 2.86. The Kier molecular flexibility index (Phi) is 4.89. The van der Waals surface area contributed by atoms with Gasteiger partial charge in [-0.3, -0.25) is 4.79 Å². The number of rotatable bonds is 4. The quantitative estimate of drug-likeness (QED) is 0.829. The molecule has 1 rings (SSSR count). The minimum atomic E-state index is -0.623. The summed E-state index contributed by atoms with van der Waals surface area (Å²) >= 11 is 0. The molecule has 1 N–H and O–H groups in total. The molecular formula is C14H19NO3. The molecule has 4 nitrogen and oxygen atoms in total. The van der Waals surface area contributed by atoms with E-state index in [0.29, 0.717) is 5.56 Å². The number of benzene rings is 1. The Morgan fingerprint density at radius 1 is 1.22 bits per heavy atom. The number of hydrogen-bond donors (Lipinski definition) is 1. The molecule has 1 aromatic carbocycles. The summed E-state index contributed by atoms with van der Waals surface area (Å²) in [5.41, 5.74) is 1.45. The Morgan fingerprint density at radius 3 is 2.33 bits per heavy atom.